The van der Waals surface area contributed by atoms with Crippen LogP contribution in [0.4, 0.5) is 0 Å². The van der Waals surface area contributed by atoms with Crippen molar-refractivity contribution in [3.8, 4) is 11.5 Å². The summed E-state index contributed by atoms with van der Waals surface area (Å²) in [7, 11) is 1.69. The largest absolute Gasteiger partial charge is 0.490 e. The fourth-order valence-electron chi connectivity index (χ4n) is 3.12. The van der Waals surface area contributed by atoms with Crippen LogP contribution < -0.4 is 9.47 Å². The minimum atomic E-state index is -0.370. The Morgan fingerprint density at radius 3 is 2.30 bits per heavy atom. The number of aryl methyl sites for hydroxylation is 1. The first-order chi connectivity index (χ1) is 13.3. The maximum absolute atomic E-state index is 6.46. The summed E-state index contributed by atoms with van der Waals surface area (Å²) in [4.78, 5) is 4.53. The Morgan fingerprint density at radius 1 is 0.926 bits per heavy atom. The highest BCUT2D eigenvalue weighted by atomic mass is 16.6. The Labute approximate surface area is 160 Å². The molecule has 2 atom stereocenters. The lowest BCUT2D eigenvalue weighted by molar-refractivity contribution is -0.00944. The van der Waals surface area contributed by atoms with Crippen LogP contribution in [-0.4, -0.2) is 23.3 Å². The third-order valence-corrected chi connectivity index (χ3v) is 4.40. The van der Waals surface area contributed by atoms with Gasteiger partial charge in [-0.15, -0.1) is 0 Å². The van der Waals surface area contributed by atoms with Crippen LogP contribution in [0.1, 0.15) is 37.4 Å². The van der Waals surface area contributed by atoms with Crippen LogP contribution >= 0.6 is 0 Å². The van der Waals surface area contributed by atoms with Crippen molar-refractivity contribution in [3.05, 3.63) is 78.4 Å². The van der Waals surface area contributed by atoms with Crippen molar-refractivity contribution < 1.29 is 14.2 Å². The van der Waals surface area contributed by atoms with Gasteiger partial charge in [0.1, 0.15) is 5.82 Å². The first-order valence-electron chi connectivity index (χ1n) is 9.25. The summed E-state index contributed by atoms with van der Waals surface area (Å²) in [5.74, 6) is 2.24. The standard InChI is InChI=1S/C22H26N2O3/c1-4-24-16-15-23-22(24)21(25-3)20(17-11-7-6-8-12-17)27-19-14-10-9-13-18(19)26-5-2/h6-16,20-21H,4-5H2,1-3H3/t20-,21-/m0/s1. The van der Waals surface area contributed by atoms with E-state index in [9.17, 15) is 0 Å². The van der Waals surface area contributed by atoms with E-state index in [0.29, 0.717) is 12.4 Å². The molecule has 1 heterocycles. The number of para-hydroxylation sites is 2. The number of aromatic nitrogens is 2. The molecule has 0 N–H and O–H groups in total. The van der Waals surface area contributed by atoms with Gasteiger partial charge in [0.05, 0.1) is 6.61 Å². The van der Waals surface area contributed by atoms with Gasteiger partial charge in [0.15, 0.2) is 23.7 Å². The normalized spacial score (nSPS) is 13.1. The Balaban J connectivity index is 2.02. The zero-order chi connectivity index (χ0) is 19.1. The molecule has 0 saturated heterocycles. The van der Waals surface area contributed by atoms with Crippen molar-refractivity contribution in [1.29, 1.82) is 0 Å². The van der Waals surface area contributed by atoms with E-state index in [1.807, 2.05) is 67.7 Å². The van der Waals surface area contributed by atoms with Crippen molar-refractivity contribution in [3.63, 3.8) is 0 Å². The average Bonchev–Trinajstić information content (AvgIpc) is 3.18. The lowest BCUT2D eigenvalue weighted by Gasteiger charge is -2.28. The molecule has 0 bridgehead atoms. The molecule has 1 aromatic heterocycles. The highest BCUT2D eigenvalue weighted by Gasteiger charge is 2.31. The van der Waals surface area contributed by atoms with E-state index >= 15 is 0 Å². The summed E-state index contributed by atoms with van der Waals surface area (Å²) >= 11 is 0. The maximum Gasteiger partial charge on any atom is 0.162 e. The summed E-state index contributed by atoms with van der Waals surface area (Å²) in [5.41, 5.74) is 1.02. The monoisotopic (exact) mass is 366 g/mol. The fraction of sp³-hybridized carbons (Fsp3) is 0.318. The minimum absolute atomic E-state index is 0.364. The Morgan fingerprint density at radius 2 is 1.63 bits per heavy atom. The van der Waals surface area contributed by atoms with Gasteiger partial charge in [0, 0.05) is 26.0 Å². The first kappa shape index (κ1) is 19.0. The van der Waals surface area contributed by atoms with E-state index in [0.717, 1.165) is 23.7 Å². The lowest BCUT2D eigenvalue weighted by Crippen LogP contribution is -2.22. The molecule has 5 nitrogen and oxygen atoms in total. The third kappa shape index (κ3) is 4.31. The maximum atomic E-state index is 6.46. The van der Waals surface area contributed by atoms with E-state index in [1.165, 1.54) is 0 Å². The van der Waals surface area contributed by atoms with E-state index in [4.69, 9.17) is 14.2 Å². The van der Waals surface area contributed by atoms with E-state index in [-0.39, 0.29) is 12.2 Å². The number of hydrogen-bond acceptors (Lipinski definition) is 4. The molecule has 0 unspecified atom stereocenters. The Hall–Kier alpha value is -2.79. The molecule has 27 heavy (non-hydrogen) atoms. The van der Waals surface area contributed by atoms with Gasteiger partial charge in [0.25, 0.3) is 0 Å². The van der Waals surface area contributed by atoms with Crippen molar-refractivity contribution in [2.24, 2.45) is 0 Å². The number of ether oxygens (including phenoxy) is 3. The van der Waals surface area contributed by atoms with Crippen molar-refractivity contribution in [2.45, 2.75) is 32.6 Å². The molecule has 0 radical (unpaired) electrons. The molecule has 3 aromatic rings. The van der Waals surface area contributed by atoms with Crippen LogP contribution in [0.2, 0.25) is 0 Å². The molecule has 0 amide bonds. The highest BCUT2D eigenvalue weighted by Crippen LogP contribution is 2.38. The summed E-state index contributed by atoms with van der Waals surface area (Å²) in [6.07, 6.45) is 3.01. The van der Waals surface area contributed by atoms with Crippen LogP contribution in [0.3, 0.4) is 0 Å². The van der Waals surface area contributed by atoms with Gasteiger partial charge in [-0.3, -0.25) is 0 Å². The molecule has 0 aliphatic rings. The zero-order valence-electron chi connectivity index (χ0n) is 16.0. The minimum Gasteiger partial charge on any atom is -0.490 e. The second-order valence-corrected chi connectivity index (χ2v) is 6.06. The predicted octanol–water partition coefficient (Wildman–Crippen LogP) is 4.81. The van der Waals surface area contributed by atoms with Crippen LogP contribution in [0.5, 0.6) is 11.5 Å². The zero-order valence-corrected chi connectivity index (χ0v) is 16.0. The third-order valence-electron chi connectivity index (χ3n) is 4.40. The van der Waals surface area contributed by atoms with Gasteiger partial charge in [-0.25, -0.2) is 4.98 Å². The van der Waals surface area contributed by atoms with Crippen molar-refractivity contribution >= 4 is 0 Å². The van der Waals surface area contributed by atoms with Gasteiger partial charge in [-0.2, -0.15) is 0 Å². The van der Waals surface area contributed by atoms with Crippen LogP contribution in [0.15, 0.2) is 67.0 Å². The van der Waals surface area contributed by atoms with E-state index < -0.39 is 0 Å². The van der Waals surface area contributed by atoms with Gasteiger partial charge in [-0.1, -0.05) is 42.5 Å². The molecule has 0 saturated carbocycles. The Bertz CT molecular complexity index is 832. The Kier molecular flexibility index (Phi) is 6.49. The molecule has 5 heteroatoms. The number of rotatable bonds is 9. The van der Waals surface area contributed by atoms with Crippen molar-refractivity contribution in [2.75, 3.05) is 13.7 Å². The summed E-state index contributed by atoms with van der Waals surface area (Å²) in [6.45, 7) is 5.43. The number of methoxy groups -OCH3 is 1. The highest BCUT2D eigenvalue weighted by molar-refractivity contribution is 5.40. The van der Waals surface area contributed by atoms with Crippen LogP contribution in [0, 0.1) is 0 Å². The van der Waals surface area contributed by atoms with Gasteiger partial charge in [-0.05, 0) is 31.5 Å². The number of imidazole rings is 1. The molecule has 0 aliphatic carbocycles. The number of hydrogen-bond donors (Lipinski definition) is 0. The predicted molar refractivity (Wildman–Crippen MR) is 105 cm³/mol. The average molecular weight is 366 g/mol. The molecule has 3 rings (SSSR count). The summed E-state index contributed by atoms with van der Waals surface area (Å²) < 4.78 is 20.1. The number of nitrogens with zero attached hydrogens (tertiary/aromatic N) is 2. The van der Waals surface area contributed by atoms with Gasteiger partial charge in [0.2, 0.25) is 0 Å². The lowest BCUT2D eigenvalue weighted by atomic mass is 10.0. The molecular weight excluding hydrogens is 340 g/mol. The van der Waals surface area contributed by atoms with Gasteiger partial charge >= 0.3 is 0 Å². The van der Waals surface area contributed by atoms with Gasteiger partial charge < -0.3 is 18.8 Å². The van der Waals surface area contributed by atoms with E-state index in [1.54, 1.807) is 13.3 Å². The van der Waals surface area contributed by atoms with Crippen LogP contribution in [-0.2, 0) is 11.3 Å². The summed E-state index contributed by atoms with van der Waals surface area (Å²) in [5, 5.41) is 0. The topological polar surface area (TPSA) is 45.5 Å². The molecule has 0 aliphatic heterocycles. The molecule has 142 valence electrons. The molecule has 0 spiro atoms. The quantitative estimate of drug-likeness (QED) is 0.545. The second-order valence-electron chi connectivity index (χ2n) is 6.06. The van der Waals surface area contributed by atoms with E-state index in [2.05, 4.69) is 16.5 Å². The number of benzene rings is 2. The van der Waals surface area contributed by atoms with Crippen LogP contribution in [0.25, 0.3) is 0 Å². The molecule has 2 aromatic carbocycles. The molecular formula is C22H26N2O3. The SMILES string of the molecule is CCOc1ccccc1O[C@@H](c1ccccc1)[C@H](OC)c1nccn1CC. The van der Waals surface area contributed by atoms with Crippen molar-refractivity contribution in [1.82, 2.24) is 9.55 Å². The summed E-state index contributed by atoms with van der Waals surface area (Å²) in [6, 6.07) is 17.8. The molecule has 0 fully saturated rings. The fourth-order valence-corrected chi connectivity index (χ4v) is 3.12. The smallest absolute Gasteiger partial charge is 0.162 e. The second kappa shape index (κ2) is 9.24. The first-order valence-corrected chi connectivity index (χ1v) is 9.25.